The molecule has 0 unspecified atom stereocenters. The average Bonchev–Trinajstić information content (AvgIpc) is 3.18. The predicted molar refractivity (Wildman–Crippen MR) is 223 cm³/mol. The maximum absolute atomic E-state index is 13.3. The number of aliphatic imine (C=N–C) groups is 1. The molecule has 3 rings (SSSR count). The number of ketones is 3. The van der Waals surface area contributed by atoms with Crippen molar-refractivity contribution >= 4 is 76.5 Å². The van der Waals surface area contributed by atoms with Crippen molar-refractivity contribution in [3.8, 4) is 0 Å². The number of amides is 3. The molecule has 0 radical (unpaired) electrons. The number of hydrogen-bond acceptors (Lipinski definition) is 14. The Hall–Kier alpha value is -5.92. The quantitative estimate of drug-likeness (QED) is 0.0249. The normalized spacial score (nSPS) is 13.0. The fourth-order valence-corrected chi connectivity index (χ4v) is 5.85. The molecule has 0 saturated heterocycles. The molecule has 2 heterocycles. The van der Waals surface area contributed by atoms with Crippen LogP contribution in [0.5, 0.6) is 0 Å². The van der Waals surface area contributed by atoms with Gasteiger partial charge in [0.25, 0.3) is 11.5 Å². The van der Waals surface area contributed by atoms with E-state index in [0.717, 1.165) is 0 Å². The van der Waals surface area contributed by atoms with Crippen LogP contribution in [0.15, 0.2) is 40.2 Å². The Kier molecular flexibility index (Phi) is 18.7. The molecule has 314 valence electrons. The largest absolute Gasteiger partial charge is 0.379 e. The van der Waals surface area contributed by atoms with Gasteiger partial charge in [0.1, 0.15) is 5.78 Å². The zero-order valence-electron chi connectivity index (χ0n) is 33.0. The molecule has 3 amide bonds. The van der Waals surface area contributed by atoms with Crippen molar-refractivity contribution in [3.63, 3.8) is 0 Å². The number of H-pyrrole nitrogens is 1. The van der Waals surface area contributed by atoms with Gasteiger partial charge in [-0.3, -0.25) is 43.5 Å². The summed E-state index contributed by atoms with van der Waals surface area (Å²) in [7, 11) is 0. The highest BCUT2D eigenvalue weighted by molar-refractivity contribution is 7.80. The van der Waals surface area contributed by atoms with Gasteiger partial charge in [0.05, 0.1) is 30.5 Å². The summed E-state index contributed by atoms with van der Waals surface area (Å²) in [6.45, 7) is 5.45. The maximum Gasteiger partial charge on any atom is 0.280 e. The molecule has 0 spiro atoms. The van der Waals surface area contributed by atoms with E-state index in [-0.39, 0.29) is 98.1 Å². The molecule has 58 heavy (non-hydrogen) atoms. The Morgan fingerprint density at radius 2 is 1.57 bits per heavy atom. The molecule has 0 aliphatic carbocycles. The second-order valence-corrected chi connectivity index (χ2v) is 14.5. The number of benzene rings is 1. The Morgan fingerprint density at radius 1 is 0.879 bits per heavy atom. The first-order valence-corrected chi connectivity index (χ1v) is 19.7. The minimum absolute atomic E-state index is 0.0484. The Morgan fingerprint density at radius 3 is 2.26 bits per heavy atom. The van der Waals surface area contributed by atoms with Gasteiger partial charge in [-0.25, -0.2) is 9.97 Å². The molecular formula is C38H54N12O7S. The lowest BCUT2D eigenvalue weighted by molar-refractivity contribution is -0.134. The topological polar surface area (TPSA) is 312 Å². The fraction of sp³-hybridized carbons (Fsp3) is 0.500. The summed E-state index contributed by atoms with van der Waals surface area (Å²) in [5.74, 6) is -3.10. The second kappa shape index (κ2) is 23.3. The lowest BCUT2D eigenvalue weighted by Crippen LogP contribution is -2.46. The van der Waals surface area contributed by atoms with E-state index in [1.165, 1.54) is 6.20 Å². The molecule has 0 bridgehead atoms. The number of carbonyl (C=O) groups is 6. The van der Waals surface area contributed by atoms with Gasteiger partial charge in [0.15, 0.2) is 28.7 Å². The summed E-state index contributed by atoms with van der Waals surface area (Å²) in [5, 5.41) is 11.3. The van der Waals surface area contributed by atoms with E-state index in [1.54, 1.807) is 45.0 Å². The van der Waals surface area contributed by atoms with Crippen LogP contribution in [-0.4, -0.2) is 91.9 Å². The van der Waals surface area contributed by atoms with Gasteiger partial charge in [-0.1, -0.05) is 13.8 Å². The summed E-state index contributed by atoms with van der Waals surface area (Å²) in [6, 6.07) is 5.04. The number of thiol groups is 1. The summed E-state index contributed by atoms with van der Waals surface area (Å²) in [5.41, 5.74) is 17.7. The number of guanidine groups is 1. The number of anilines is 2. The molecule has 4 atom stereocenters. The highest BCUT2D eigenvalue weighted by Gasteiger charge is 2.28. The maximum atomic E-state index is 13.3. The van der Waals surface area contributed by atoms with Crippen LogP contribution in [0.4, 0.5) is 11.6 Å². The summed E-state index contributed by atoms with van der Waals surface area (Å²) in [4.78, 5) is 108. The van der Waals surface area contributed by atoms with Gasteiger partial charge in [0.2, 0.25) is 17.8 Å². The molecule has 1 aromatic carbocycles. The van der Waals surface area contributed by atoms with Crippen LogP contribution in [0.25, 0.3) is 11.2 Å². The van der Waals surface area contributed by atoms with Crippen molar-refractivity contribution < 1.29 is 28.8 Å². The van der Waals surface area contributed by atoms with Gasteiger partial charge in [-0.05, 0) is 62.6 Å². The number of nitrogens with two attached hydrogens (primary N) is 3. The molecule has 19 nitrogen and oxygen atoms in total. The number of nitrogens with zero attached hydrogens (tertiary/aromatic N) is 4. The molecule has 0 saturated carbocycles. The molecule has 20 heteroatoms. The SMILES string of the molecule is C[C@H](CC(=O)[C@@H](CCCN=C(N)N)NC(=O)[C@H](C)CC(=O)CCCNC(=O)c1ccc(NCc2cnc3nc(N)[nH]c(=O)c3n2)cc1)C(=O)N[C@@H](C)C(=O)CCCS. The first-order chi connectivity index (χ1) is 27.6. The molecule has 0 aliphatic heterocycles. The first kappa shape index (κ1) is 46.5. The van der Waals surface area contributed by atoms with Crippen LogP contribution in [0.1, 0.15) is 88.2 Å². The van der Waals surface area contributed by atoms with Crippen LogP contribution < -0.4 is 44.0 Å². The van der Waals surface area contributed by atoms with Gasteiger partial charge in [-0.2, -0.15) is 17.6 Å². The predicted octanol–water partition coefficient (Wildman–Crippen LogP) is 0.930. The van der Waals surface area contributed by atoms with Crippen molar-refractivity contribution in [1.29, 1.82) is 0 Å². The number of nitrogens with one attached hydrogen (secondary N) is 5. The molecule has 2 aromatic heterocycles. The van der Waals surface area contributed by atoms with E-state index in [0.29, 0.717) is 42.0 Å². The van der Waals surface area contributed by atoms with E-state index in [4.69, 9.17) is 17.2 Å². The van der Waals surface area contributed by atoms with Crippen molar-refractivity contribution in [2.45, 2.75) is 90.8 Å². The number of aromatic nitrogens is 4. The number of aromatic amines is 1. The van der Waals surface area contributed by atoms with E-state index in [1.807, 2.05) is 0 Å². The fourth-order valence-electron chi connectivity index (χ4n) is 5.69. The Labute approximate surface area is 341 Å². The van der Waals surface area contributed by atoms with E-state index < -0.39 is 41.3 Å². The molecule has 0 fully saturated rings. The van der Waals surface area contributed by atoms with Crippen molar-refractivity contribution in [2.75, 3.05) is 29.9 Å². The standard InChI is InChI=1S/C38H54N12O7S/c1-21(34(55)48-28(8-5-15-43-37(39)40)30(53)18-22(2)33(54)46-23(3)29(52)9-6-16-58)17-27(51)7-4-14-42-35(56)24-10-12-25(13-11-24)44-19-26-20-45-32-31(47-26)36(57)50-38(41)49-32/h10-13,20-23,28,44,58H,4-9,14-19H2,1-3H3,(H,42,56)(H,46,54)(H,48,55)(H4,39,40,43)(H3,41,45,49,50,57)/t21-,22-,23+,28-/m1/s1. The summed E-state index contributed by atoms with van der Waals surface area (Å²) < 4.78 is 0. The third-order valence-corrected chi connectivity index (χ3v) is 9.35. The third-order valence-electron chi connectivity index (χ3n) is 9.03. The number of nitrogen functional groups attached to an aromatic ring is 1. The highest BCUT2D eigenvalue weighted by atomic mass is 32.1. The van der Waals surface area contributed by atoms with Crippen LogP contribution in [-0.2, 0) is 30.5 Å². The van der Waals surface area contributed by atoms with Crippen molar-refractivity contribution in [3.05, 3.63) is 52.1 Å². The van der Waals surface area contributed by atoms with Crippen molar-refractivity contribution in [1.82, 2.24) is 35.9 Å². The van der Waals surface area contributed by atoms with Crippen LogP contribution in [0.3, 0.4) is 0 Å². The van der Waals surface area contributed by atoms with E-state index >= 15 is 0 Å². The van der Waals surface area contributed by atoms with Crippen LogP contribution >= 0.6 is 12.6 Å². The number of Topliss-reactive ketones (excluding diaryl/α,β-unsaturated/α-hetero) is 3. The lowest BCUT2D eigenvalue weighted by Gasteiger charge is -2.22. The minimum Gasteiger partial charge on any atom is -0.379 e. The molecule has 3 aromatic rings. The van der Waals surface area contributed by atoms with E-state index in [9.17, 15) is 33.6 Å². The van der Waals surface area contributed by atoms with Gasteiger partial charge in [-0.15, -0.1) is 0 Å². The Bertz CT molecular complexity index is 2000. The molecular weight excluding hydrogens is 769 g/mol. The number of carbonyl (C=O) groups excluding carboxylic acids is 6. The van der Waals surface area contributed by atoms with Crippen molar-refractivity contribution in [2.24, 2.45) is 28.3 Å². The van der Waals surface area contributed by atoms with Gasteiger partial charge < -0.3 is 38.5 Å². The highest BCUT2D eigenvalue weighted by Crippen LogP contribution is 2.14. The number of hydrogen-bond donors (Lipinski definition) is 9. The van der Waals surface area contributed by atoms with Crippen LogP contribution in [0.2, 0.25) is 0 Å². The molecule has 0 aliphatic rings. The minimum atomic E-state index is -0.951. The zero-order chi connectivity index (χ0) is 42.8. The van der Waals surface area contributed by atoms with Gasteiger partial charge >= 0.3 is 0 Å². The van der Waals surface area contributed by atoms with Crippen LogP contribution in [0, 0.1) is 11.8 Å². The summed E-state index contributed by atoms with van der Waals surface area (Å²) >= 11 is 4.10. The smallest absolute Gasteiger partial charge is 0.280 e. The summed E-state index contributed by atoms with van der Waals surface area (Å²) in [6.07, 6.45) is 3.13. The van der Waals surface area contributed by atoms with Gasteiger partial charge in [0, 0.05) is 61.9 Å². The third kappa shape index (κ3) is 15.5. The van der Waals surface area contributed by atoms with E-state index in [2.05, 4.69) is 58.8 Å². The second-order valence-electron chi connectivity index (χ2n) is 14.0. The molecule has 11 N–H and O–H groups in total. The first-order valence-electron chi connectivity index (χ1n) is 19.1. The monoisotopic (exact) mass is 822 g/mol. The zero-order valence-corrected chi connectivity index (χ0v) is 33.9. The number of rotatable bonds is 25. The average molecular weight is 823 g/mol. The lowest BCUT2D eigenvalue weighted by atomic mass is 9.95. The Balaban J connectivity index is 1.43. The number of fused-ring (bicyclic) bond motifs is 1.